The molecule has 5 N–H and O–H groups in total. The SMILES string of the molecule is CC(C)(C)OC(=O)CC[C@H](NC(=O)NC(CCCCn1cc(COCCCCCCCC(=O)C[C@@H](Cc2ccccc2)C(=O)N[C@@H](Cc2ccccc2)C(=O)CC[C@H](NC(=O)OC(C)(C)C)C(=O)O)nn1)C(=O)OC(C)(C)C)C(=O)OC(C)(C)C. The highest BCUT2D eigenvalue weighted by molar-refractivity contribution is 5.93. The fourth-order valence-corrected chi connectivity index (χ4v) is 8.71. The van der Waals surface area contributed by atoms with Gasteiger partial charge in [0.2, 0.25) is 5.91 Å². The summed E-state index contributed by atoms with van der Waals surface area (Å²) < 4.78 is 29.3. The Labute approximate surface area is 501 Å². The molecule has 0 fully saturated rings. The van der Waals surface area contributed by atoms with E-state index in [0.717, 1.165) is 36.8 Å². The van der Waals surface area contributed by atoms with Crippen LogP contribution in [0.2, 0.25) is 0 Å². The number of aryl methyl sites for hydroxylation is 1. The number of aromatic nitrogens is 3. The number of Topliss-reactive ketones (excluding diaryl/α,β-unsaturated/α-hetero) is 2. The number of carbonyl (C=O) groups is 9. The zero-order chi connectivity index (χ0) is 63.4. The number of nitrogens with zero attached hydrogens (tertiary/aromatic N) is 3. The van der Waals surface area contributed by atoms with Crippen LogP contribution in [0.15, 0.2) is 66.9 Å². The minimum atomic E-state index is -1.41. The number of amides is 4. The van der Waals surface area contributed by atoms with Gasteiger partial charge in [-0.15, -0.1) is 5.10 Å². The average Bonchev–Trinajstić information content (AvgIpc) is 3.85. The number of carbonyl (C=O) groups excluding carboxylic acids is 8. The first kappa shape index (κ1) is 72.0. The first-order valence-electron chi connectivity index (χ1n) is 29.6. The number of ketones is 2. The van der Waals surface area contributed by atoms with E-state index in [-0.39, 0.29) is 70.2 Å². The van der Waals surface area contributed by atoms with Gasteiger partial charge in [0.15, 0.2) is 5.78 Å². The van der Waals surface area contributed by atoms with Gasteiger partial charge in [0, 0.05) is 44.8 Å². The fourth-order valence-electron chi connectivity index (χ4n) is 8.71. The van der Waals surface area contributed by atoms with Crippen molar-refractivity contribution in [3.63, 3.8) is 0 Å². The quantitative estimate of drug-likeness (QED) is 0.0206. The number of carboxylic acids is 1. The summed E-state index contributed by atoms with van der Waals surface area (Å²) in [6.45, 7) is 21.6. The van der Waals surface area contributed by atoms with E-state index < -0.39 is 100 Å². The van der Waals surface area contributed by atoms with Gasteiger partial charge in [0.1, 0.15) is 52.0 Å². The van der Waals surface area contributed by atoms with Crippen LogP contribution >= 0.6 is 0 Å². The second-order valence-electron chi connectivity index (χ2n) is 25.4. The molecule has 0 aliphatic heterocycles. The second-order valence-corrected chi connectivity index (χ2v) is 25.4. The number of nitrogens with one attached hydrogen (secondary N) is 4. The summed E-state index contributed by atoms with van der Waals surface area (Å²) in [7, 11) is 0. The Morgan fingerprint density at radius 1 is 0.541 bits per heavy atom. The molecule has 0 aliphatic carbocycles. The van der Waals surface area contributed by atoms with Gasteiger partial charge in [-0.2, -0.15) is 0 Å². The molecule has 0 saturated heterocycles. The Morgan fingerprint density at radius 2 is 1.07 bits per heavy atom. The van der Waals surface area contributed by atoms with Gasteiger partial charge in [0.05, 0.1) is 18.8 Å². The van der Waals surface area contributed by atoms with Crippen molar-refractivity contribution in [3.8, 4) is 0 Å². The summed E-state index contributed by atoms with van der Waals surface area (Å²) in [5.74, 6) is -4.98. The van der Waals surface area contributed by atoms with Crippen LogP contribution in [0.4, 0.5) is 9.59 Å². The zero-order valence-electron chi connectivity index (χ0n) is 52.2. The lowest BCUT2D eigenvalue weighted by Gasteiger charge is -2.27. The minimum absolute atomic E-state index is 0.0272. The topological polar surface area (TPSA) is 299 Å². The first-order chi connectivity index (χ1) is 39.7. The van der Waals surface area contributed by atoms with E-state index in [1.54, 1.807) is 94.0 Å². The van der Waals surface area contributed by atoms with Crippen molar-refractivity contribution in [2.24, 2.45) is 5.92 Å². The van der Waals surface area contributed by atoms with Crippen molar-refractivity contribution in [1.82, 2.24) is 36.3 Å². The Kier molecular flexibility index (Phi) is 29.9. The molecule has 3 aromatic rings. The molecule has 2 aromatic carbocycles. The highest BCUT2D eigenvalue weighted by atomic mass is 16.6. The maximum Gasteiger partial charge on any atom is 0.408 e. The predicted molar refractivity (Wildman–Crippen MR) is 318 cm³/mol. The highest BCUT2D eigenvalue weighted by Crippen LogP contribution is 2.20. The minimum Gasteiger partial charge on any atom is -0.480 e. The lowest BCUT2D eigenvalue weighted by molar-refractivity contribution is -0.159. The third-order valence-electron chi connectivity index (χ3n) is 12.6. The highest BCUT2D eigenvalue weighted by Gasteiger charge is 2.33. The largest absolute Gasteiger partial charge is 0.480 e. The summed E-state index contributed by atoms with van der Waals surface area (Å²) in [6.07, 6.45) is 6.05. The molecule has 1 heterocycles. The molecule has 472 valence electrons. The van der Waals surface area contributed by atoms with Gasteiger partial charge < -0.3 is 50.1 Å². The number of unbranched alkanes of at least 4 members (excludes halogenated alkanes) is 5. The van der Waals surface area contributed by atoms with Crippen LogP contribution in [-0.2, 0) is 83.2 Å². The number of hydrogen-bond donors (Lipinski definition) is 5. The molecule has 3 rings (SSSR count). The summed E-state index contributed by atoms with van der Waals surface area (Å²) in [4.78, 5) is 118. The molecule has 22 nitrogen and oxygen atoms in total. The van der Waals surface area contributed by atoms with Crippen molar-refractivity contribution in [2.75, 3.05) is 6.61 Å². The number of esters is 3. The summed E-state index contributed by atoms with van der Waals surface area (Å²) in [5, 5.41) is 28.7. The second kappa shape index (κ2) is 35.3. The van der Waals surface area contributed by atoms with Gasteiger partial charge in [-0.3, -0.25) is 23.9 Å². The van der Waals surface area contributed by atoms with Gasteiger partial charge in [-0.1, -0.05) is 85.1 Å². The van der Waals surface area contributed by atoms with Crippen LogP contribution in [0.5, 0.6) is 0 Å². The van der Waals surface area contributed by atoms with Gasteiger partial charge in [-0.05, 0) is 152 Å². The Morgan fingerprint density at radius 3 is 1.64 bits per heavy atom. The van der Waals surface area contributed by atoms with Crippen molar-refractivity contribution < 1.29 is 71.9 Å². The van der Waals surface area contributed by atoms with Gasteiger partial charge >= 0.3 is 36.0 Å². The molecule has 85 heavy (non-hydrogen) atoms. The predicted octanol–water partition coefficient (Wildman–Crippen LogP) is 9.02. The first-order valence-corrected chi connectivity index (χ1v) is 29.6. The number of benzene rings is 2. The molecule has 1 aromatic heterocycles. The maximum atomic E-state index is 14.1. The zero-order valence-corrected chi connectivity index (χ0v) is 52.2. The van der Waals surface area contributed by atoms with Crippen LogP contribution in [0.25, 0.3) is 0 Å². The van der Waals surface area contributed by atoms with E-state index in [4.69, 9.17) is 23.7 Å². The lowest BCUT2D eigenvalue weighted by atomic mass is 9.90. The number of carboxylic acid groups (broad SMARTS) is 1. The van der Waals surface area contributed by atoms with E-state index >= 15 is 0 Å². The van der Waals surface area contributed by atoms with Gasteiger partial charge in [0.25, 0.3) is 0 Å². The molecule has 0 radical (unpaired) electrons. The van der Waals surface area contributed by atoms with Crippen LogP contribution in [0.1, 0.15) is 190 Å². The molecule has 1 unspecified atom stereocenters. The van der Waals surface area contributed by atoms with Crippen molar-refractivity contribution in [2.45, 2.75) is 246 Å². The monoisotopic (exact) mass is 1190 g/mol. The van der Waals surface area contributed by atoms with Crippen LogP contribution < -0.4 is 21.3 Å². The lowest BCUT2D eigenvalue weighted by Crippen LogP contribution is -2.53. The third-order valence-corrected chi connectivity index (χ3v) is 12.6. The van der Waals surface area contributed by atoms with Gasteiger partial charge in [-0.25, -0.2) is 24.0 Å². The van der Waals surface area contributed by atoms with E-state index in [2.05, 4.69) is 31.6 Å². The molecular weight excluding hydrogens is 1090 g/mol. The molecular formula is C63H95N7O15. The molecule has 0 aliphatic rings. The average molecular weight is 1190 g/mol. The molecule has 22 heteroatoms. The molecule has 0 bridgehead atoms. The standard InChI is InChI=1S/C63H95N7O15/c1-60(2,3)82-53(73)35-33-50(57(78)84-62(7,8)9)66-58(79)65-49(56(77)83-61(4,5)6)31-23-24-36-70-41-46(68-69-70)42-81-37-25-15-13-14-22-30-47(71)40-45(38-43-26-18-16-19-27-43)54(74)64-51(39-44-28-20-17-21-29-44)52(72)34-32-48(55(75)76)67-59(80)85-63(10,11)12/h16-21,26-29,41,45,48-51H,13-15,22-25,30-40,42H2,1-12H3,(H,64,74)(H,67,80)(H,75,76)(H2,65,66,79)/t45-,48+,49?,50+,51+/m1/s1. The van der Waals surface area contributed by atoms with Crippen molar-refractivity contribution in [3.05, 3.63) is 83.7 Å². The van der Waals surface area contributed by atoms with Crippen molar-refractivity contribution in [1.29, 1.82) is 0 Å². The van der Waals surface area contributed by atoms with Crippen LogP contribution in [0, 0.1) is 5.92 Å². The third kappa shape index (κ3) is 32.6. The summed E-state index contributed by atoms with van der Waals surface area (Å²) >= 11 is 0. The van der Waals surface area contributed by atoms with E-state index in [1.165, 1.54) is 0 Å². The smallest absolute Gasteiger partial charge is 0.408 e. The summed E-state index contributed by atoms with van der Waals surface area (Å²) in [5.41, 5.74) is -1.03. The number of urea groups is 1. The Balaban J connectivity index is 1.46. The fraction of sp³-hybridized carbons (Fsp3) is 0.635. The Hall–Kier alpha value is -7.23. The number of rotatable bonds is 36. The molecule has 4 amide bonds. The molecule has 5 atom stereocenters. The van der Waals surface area contributed by atoms with Crippen LogP contribution in [0.3, 0.4) is 0 Å². The van der Waals surface area contributed by atoms with E-state index in [0.29, 0.717) is 38.1 Å². The molecule has 0 saturated carbocycles. The van der Waals surface area contributed by atoms with Crippen LogP contribution in [-0.4, -0.2) is 127 Å². The summed E-state index contributed by atoms with van der Waals surface area (Å²) in [6, 6.07) is 12.9. The number of alkyl carbamates (subject to hydrolysis) is 1. The number of ether oxygens (including phenoxy) is 5. The van der Waals surface area contributed by atoms with Crippen molar-refractivity contribution >= 4 is 53.5 Å². The molecule has 0 spiro atoms. The Bertz CT molecular complexity index is 2600. The number of hydrogen-bond acceptors (Lipinski definition) is 16. The maximum absolute atomic E-state index is 14.1. The number of aliphatic carboxylic acids is 1. The van der Waals surface area contributed by atoms with E-state index in [1.807, 2.05) is 60.7 Å². The normalized spacial score (nSPS) is 13.6. The van der Waals surface area contributed by atoms with E-state index in [9.17, 15) is 48.3 Å².